The summed E-state index contributed by atoms with van der Waals surface area (Å²) in [6, 6.07) is 0. The maximum Gasteiger partial charge on any atom is 0.220 e. The van der Waals surface area contributed by atoms with Crippen LogP contribution in [0.2, 0.25) is 0 Å². The van der Waals surface area contributed by atoms with E-state index in [1.165, 1.54) is 193 Å². The van der Waals surface area contributed by atoms with Crippen molar-refractivity contribution in [3.8, 4) is 0 Å². The SMILES string of the molecule is CCCCCCCCCCCCCCCCC(CCCCCCCCCCCCCCCC)CC(=O)NC(C)(C)CC(C)(CC)CC(C)(C)OCCC(C)(C)O. The van der Waals surface area contributed by atoms with Crippen LogP contribution in [-0.4, -0.2) is 34.4 Å². The van der Waals surface area contributed by atoms with Crippen molar-refractivity contribution in [3.05, 3.63) is 0 Å². The second kappa shape index (κ2) is 34.1. The summed E-state index contributed by atoms with van der Waals surface area (Å²) < 4.78 is 6.31. The van der Waals surface area contributed by atoms with Crippen LogP contribution < -0.4 is 5.32 Å². The van der Waals surface area contributed by atoms with Crippen molar-refractivity contribution in [1.29, 1.82) is 0 Å². The predicted octanol–water partition coefficient (Wildman–Crippen LogP) is 16.8. The lowest BCUT2D eigenvalue weighted by Gasteiger charge is -2.42. The molecule has 2 N–H and O–H groups in total. The fraction of sp³-hybridized carbons (Fsp3) is 0.981. The molecule has 4 heteroatoms. The van der Waals surface area contributed by atoms with E-state index in [-0.39, 0.29) is 22.5 Å². The molecule has 0 aromatic heterocycles. The third-order valence-corrected chi connectivity index (χ3v) is 12.7. The van der Waals surface area contributed by atoms with E-state index >= 15 is 0 Å². The van der Waals surface area contributed by atoms with Gasteiger partial charge in [0.2, 0.25) is 5.91 Å². The van der Waals surface area contributed by atoms with E-state index in [4.69, 9.17) is 4.74 Å². The molecule has 0 saturated carbocycles. The smallest absolute Gasteiger partial charge is 0.220 e. The predicted molar refractivity (Wildman–Crippen MR) is 249 cm³/mol. The quantitative estimate of drug-likeness (QED) is 0.0606. The number of aliphatic hydroxyl groups is 1. The Kier molecular flexibility index (Phi) is 33.8. The molecular weight excluding hydrogens is 687 g/mol. The van der Waals surface area contributed by atoms with Gasteiger partial charge < -0.3 is 15.2 Å². The highest BCUT2D eigenvalue weighted by atomic mass is 16.5. The van der Waals surface area contributed by atoms with Crippen molar-refractivity contribution < 1.29 is 14.6 Å². The minimum absolute atomic E-state index is 0.0386. The first kappa shape index (κ1) is 55.4. The first-order valence-electron chi connectivity index (χ1n) is 25.2. The fourth-order valence-electron chi connectivity index (χ4n) is 9.37. The summed E-state index contributed by atoms with van der Waals surface area (Å²) in [6.45, 7) is 22.3. The zero-order chi connectivity index (χ0) is 42.0. The lowest BCUT2D eigenvalue weighted by atomic mass is 9.70. The Morgan fingerprint density at radius 1 is 0.518 bits per heavy atom. The van der Waals surface area contributed by atoms with Gasteiger partial charge in [-0.25, -0.2) is 0 Å². The van der Waals surface area contributed by atoms with E-state index in [2.05, 4.69) is 60.7 Å². The zero-order valence-corrected chi connectivity index (χ0v) is 40.3. The van der Waals surface area contributed by atoms with E-state index in [0.29, 0.717) is 25.4 Å². The molecule has 4 nitrogen and oxygen atoms in total. The van der Waals surface area contributed by atoms with Gasteiger partial charge in [-0.2, -0.15) is 0 Å². The van der Waals surface area contributed by atoms with Crippen LogP contribution in [0.15, 0.2) is 0 Å². The van der Waals surface area contributed by atoms with Gasteiger partial charge in [-0.05, 0) is 85.0 Å². The lowest BCUT2D eigenvalue weighted by molar-refractivity contribution is -0.124. The summed E-state index contributed by atoms with van der Waals surface area (Å²) in [5, 5.41) is 13.7. The van der Waals surface area contributed by atoms with Crippen molar-refractivity contribution >= 4 is 5.91 Å². The van der Waals surface area contributed by atoms with Crippen LogP contribution in [-0.2, 0) is 9.53 Å². The van der Waals surface area contributed by atoms with Gasteiger partial charge in [0.1, 0.15) is 0 Å². The van der Waals surface area contributed by atoms with Crippen molar-refractivity contribution in [2.75, 3.05) is 6.61 Å². The van der Waals surface area contributed by atoms with Crippen LogP contribution in [0.5, 0.6) is 0 Å². The molecule has 336 valence electrons. The number of carbonyl (C=O) groups is 1. The largest absolute Gasteiger partial charge is 0.390 e. The normalized spacial score (nSPS) is 13.8. The highest BCUT2D eigenvalue weighted by Crippen LogP contribution is 2.40. The number of nitrogens with one attached hydrogen (secondary N) is 1. The molecule has 56 heavy (non-hydrogen) atoms. The molecule has 1 unspecified atom stereocenters. The van der Waals surface area contributed by atoms with Crippen LogP contribution in [0.4, 0.5) is 0 Å². The van der Waals surface area contributed by atoms with Crippen LogP contribution in [0.25, 0.3) is 0 Å². The molecule has 0 rings (SSSR count). The summed E-state index contributed by atoms with van der Waals surface area (Å²) >= 11 is 0. The Balaban J connectivity index is 4.81. The molecule has 0 aromatic rings. The third kappa shape index (κ3) is 36.5. The highest BCUT2D eigenvalue weighted by molar-refractivity contribution is 5.77. The number of carbonyl (C=O) groups excluding carboxylic acids is 1. The van der Waals surface area contributed by atoms with E-state index in [1.807, 2.05) is 13.8 Å². The highest BCUT2D eigenvalue weighted by Gasteiger charge is 2.37. The fourth-order valence-corrected chi connectivity index (χ4v) is 9.37. The van der Waals surface area contributed by atoms with Crippen molar-refractivity contribution in [2.24, 2.45) is 11.3 Å². The summed E-state index contributed by atoms with van der Waals surface area (Å²) in [6.07, 6.45) is 45.6. The molecule has 0 heterocycles. The second-order valence-corrected chi connectivity index (χ2v) is 21.0. The van der Waals surface area contributed by atoms with Crippen LogP contribution in [0.3, 0.4) is 0 Å². The number of hydrogen-bond acceptors (Lipinski definition) is 3. The Hall–Kier alpha value is -0.610. The molecule has 0 radical (unpaired) electrons. The molecule has 0 aliphatic carbocycles. The monoisotopic (exact) mass is 792 g/mol. The number of amides is 1. The molecule has 0 spiro atoms. The van der Waals surface area contributed by atoms with E-state index in [0.717, 1.165) is 19.3 Å². The zero-order valence-electron chi connectivity index (χ0n) is 40.3. The Bertz CT molecular complexity index is 844. The molecule has 0 saturated heterocycles. The molecular formula is C52H105NO3. The minimum Gasteiger partial charge on any atom is -0.390 e. The molecule has 1 amide bonds. The molecule has 0 aliphatic rings. The molecule has 0 aliphatic heterocycles. The van der Waals surface area contributed by atoms with E-state index in [9.17, 15) is 9.90 Å². The molecule has 0 bridgehead atoms. The minimum atomic E-state index is -0.715. The number of ether oxygens (including phenoxy) is 1. The maximum absolute atomic E-state index is 13.7. The first-order chi connectivity index (χ1) is 26.6. The summed E-state index contributed by atoms with van der Waals surface area (Å²) in [4.78, 5) is 13.7. The topological polar surface area (TPSA) is 58.6 Å². The maximum atomic E-state index is 13.7. The van der Waals surface area contributed by atoms with E-state index < -0.39 is 5.60 Å². The van der Waals surface area contributed by atoms with E-state index in [1.54, 1.807) is 0 Å². The van der Waals surface area contributed by atoms with Gasteiger partial charge in [0.15, 0.2) is 0 Å². The summed E-state index contributed by atoms with van der Waals surface area (Å²) in [5.41, 5.74) is -1.24. The van der Waals surface area contributed by atoms with Crippen LogP contribution in [0.1, 0.15) is 294 Å². The van der Waals surface area contributed by atoms with Crippen molar-refractivity contribution in [1.82, 2.24) is 5.32 Å². The second-order valence-electron chi connectivity index (χ2n) is 21.0. The Morgan fingerprint density at radius 2 is 0.857 bits per heavy atom. The first-order valence-corrected chi connectivity index (χ1v) is 25.2. The van der Waals surface area contributed by atoms with Crippen molar-refractivity contribution in [2.45, 2.75) is 311 Å². The molecule has 0 aromatic carbocycles. The average molecular weight is 792 g/mol. The molecule has 1 atom stereocenters. The Labute approximate surface area is 353 Å². The van der Waals surface area contributed by atoms with Crippen LogP contribution >= 0.6 is 0 Å². The number of hydrogen-bond donors (Lipinski definition) is 2. The number of rotatable bonds is 42. The van der Waals surface area contributed by atoms with Gasteiger partial charge in [0.25, 0.3) is 0 Å². The number of unbranched alkanes of at least 4 members (excludes halogenated alkanes) is 26. The Morgan fingerprint density at radius 3 is 1.18 bits per heavy atom. The summed E-state index contributed by atoms with van der Waals surface area (Å²) in [5.74, 6) is 0.746. The standard InChI is InChI=1S/C52H105NO3/c1-11-14-16-18-20-22-24-26-28-30-32-34-36-38-40-47(41-39-37-35-33-31-29-27-25-23-21-19-17-15-12-2)44-48(54)53-49(4,5)45-52(10,13-3)46-51(8,9)56-43-42-50(6,7)55/h47,55H,11-46H2,1-10H3,(H,53,54). The molecule has 0 fully saturated rings. The van der Waals surface area contributed by atoms with Crippen molar-refractivity contribution in [3.63, 3.8) is 0 Å². The van der Waals surface area contributed by atoms with Gasteiger partial charge in [0, 0.05) is 12.0 Å². The average Bonchev–Trinajstić information content (AvgIpc) is 3.10. The summed E-state index contributed by atoms with van der Waals surface area (Å²) in [7, 11) is 0. The van der Waals surface area contributed by atoms with Gasteiger partial charge >= 0.3 is 0 Å². The lowest BCUT2D eigenvalue weighted by Crippen LogP contribution is -2.48. The van der Waals surface area contributed by atoms with Crippen LogP contribution in [0, 0.1) is 11.3 Å². The van der Waals surface area contributed by atoms with Gasteiger partial charge in [-0.3, -0.25) is 4.79 Å². The van der Waals surface area contributed by atoms with Gasteiger partial charge in [-0.15, -0.1) is 0 Å². The third-order valence-electron chi connectivity index (χ3n) is 12.7. The van der Waals surface area contributed by atoms with Gasteiger partial charge in [-0.1, -0.05) is 214 Å². The van der Waals surface area contributed by atoms with Gasteiger partial charge in [0.05, 0.1) is 17.8 Å².